The van der Waals surface area contributed by atoms with Gasteiger partial charge in [0.1, 0.15) is 0 Å². The minimum Gasteiger partial charge on any atom is -0.289 e. The number of carbonyl (C=O) groups is 1. The van der Waals surface area contributed by atoms with Crippen LogP contribution in [0.15, 0.2) is 54.1 Å². The molecule has 0 spiro atoms. The molecule has 0 unspecified atom stereocenters. The van der Waals surface area contributed by atoms with Crippen molar-refractivity contribution in [2.24, 2.45) is 0 Å². The molecule has 0 heterocycles. The van der Waals surface area contributed by atoms with Gasteiger partial charge in [0.25, 0.3) is 0 Å². The number of carbonyl (C=O) groups excluding carboxylic acids is 1. The third kappa shape index (κ3) is 2.61. The summed E-state index contributed by atoms with van der Waals surface area (Å²) in [6.45, 7) is 0. The molecular weight excluding hydrogens is 277 g/mol. The maximum absolute atomic E-state index is 12.5. The predicted octanol–water partition coefficient (Wildman–Crippen LogP) is 4.53. The van der Waals surface area contributed by atoms with Crippen LogP contribution in [0.25, 0.3) is 6.08 Å². The summed E-state index contributed by atoms with van der Waals surface area (Å²) in [6.07, 6.45) is -2.16. The number of hydrogen-bond donors (Lipinski definition) is 0. The second-order valence-electron chi connectivity index (χ2n) is 4.95. The van der Waals surface area contributed by atoms with Crippen molar-refractivity contribution in [3.8, 4) is 0 Å². The van der Waals surface area contributed by atoms with Gasteiger partial charge in [-0.2, -0.15) is 13.2 Å². The number of rotatable bonds is 1. The largest absolute Gasteiger partial charge is 0.416 e. The summed E-state index contributed by atoms with van der Waals surface area (Å²) in [5.41, 5.74) is 2.15. The Labute approximate surface area is 119 Å². The molecule has 21 heavy (non-hydrogen) atoms. The van der Waals surface area contributed by atoms with Gasteiger partial charge in [0.15, 0.2) is 5.78 Å². The van der Waals surface area contributed by atoms with E-state index in [1.165, 1.54) is 12.1 Å². The first-order valence-corrected chi connectivity index (χ1v) is 6.45. The third-order valence-corrected chi connectivity index (χ3v) is 3.51. The predicted molar refractivity (Wildman–Crippen MR) is 73.9 cm³/mol. The van der Waals surface area contributed by atoms with Crippen LogP contribution in [-0.4, -0.2) is 5.78 Å². The van der Waals surface area contributed by atoms with Crippen molar-refractivity contribution in [2.45, 2.75) is 12.6 Å². The Hall–Kier alpha value is -2.36. The van der Waals surface area contributed by atoms with Crippen LogP contribution >= 0.6 is 0 Å². The summed E-state index contributed by atoms with van der Waals surface area (Å²) in [5.74, 6) is -0.0505. The molecule has 0 aliphatic heterocycles. The molecule has 0 saturated carbocycles. The zero-order valence-electron chi connectivity index (χ0n) is 10.9. The smallest absolute Gasteiger partial charge is 0.289 e. The van der Waals surface area contributed by atoms with Crippen molar-refractivity contribution >= 4 is 11.9 Å². The van der Waals surface area contributed by atoms with Gasteiger partial charge in [-0.15, -0.1) is 0 Å². The highest BCUT2D eigenvalue weighted by molar-refractivity contribution is 6.15. The molecule has 0 radical (unpaired) electrons. The van der Waals surface area contributed by atoms with E-state index in [2.05, 4.69) is 0 Å². The van der Waals surface area contributed by atoms with E-state index in [4.69, 9.17) is 0 Å². The molecule has 1 aliphatic rings. The molecule has 0 bridgehead atoms. The Morgan fingerprint density at radius 1 is 0.952 bits per heavy atom. The van der Waals surface area contributed by atoms with E-state index in [-0.39, 0.29) is 5.78 Å². The van der Waals surface area contributed by atoms with Gasteiger partial charge >= 0.3 is 6.18 Å². The van der Waals surface area contributed by atoms with Crippen LogP contribution in [0, 0.1) is 0 Å². The van der Waals surface area contributed by atoms with E-state index >= 15 is 0 Å². The Balaban J connectivity index is 1.89. The van der Waals surface area contributed by atoms with Gasteiger partial charge in [0, 0.05) is 17.6 Å². The molecule has 0 fully saturated rings. The SMILES string of the molecule is O=C1/C(=C\c2ccc(C(F)(F)F)cc2)Cc2ccccc21. The number of allylic oxidation sites excluding steroid dienone is 1. The highest BCUT2D eigenvalue weighted by Crippen LogP contribution is 2.30. The van der Waals surface area contributed by atoms with E-state index < -0.39 is 11.7 Å². The van der Waals surface area contributed by atoms with E-state index in [1.807, 2.05) is 12.1 Å². The van der Waals surface area contributed by atoms with Crippen molar-refractivity contribution in [3.63, 3.8) is 0 Å². The Bertz CT molecular complexity index is 724. The van der Waals surface area contributed by atoms with Gasteiger partial charge in [-0.25, -0.2) is 0 Å². The van der Waals surface area contributed by atoms with E-state index in [0.29, 0.717) is 23.1 Å². The second-order valence-corrected chi connectivity index (χ2v) is 4.95. The lowest BCUT2D eigenvalue weighted by Crippen LogP contribution is -2.04. The molecular formula is C17H11F3O. The van der Waals surface area contributed by atoms with Crippen LogP contribution in [0.1, 0.15) is 27.0 Å². The van der Waals surface area contributed by atoms with Crippen LogP contribution in [-0.2, 0) is 12.6 Å². The van der Waals surface area contributed by atoms with Gasteiger partial charge in [0.2, 0.25) is 0 Å². The number of hydrogen-bond acceptors (Lipinski definition) is 1. The number of ketones is 1. The average molecular weight is 288 g/mol. The summed E-state index contributed by atoms with van der Waals surface area (Å²) in [6, 6.07) is 12.1. The number of Topliss-reactive ketones (excluding diaryl/α,β-unsaturated/α-hetero) is 1. The fraction of sp³-hybridized carbons (Fsp3) is 0.118. The summed E-state index contributed by atoms with van der Waals surface area (Å²) < 4.78 is 37.5. The topological polar surface area (TPSA) is 17.1 Å². The lowest BCUT2D eigenvalue weighted by Gasteiger charge is -2.06. The fourth-order valence-corrected chi connectivity index (χ4v) is 2.44. The zero-order valence-corrected chi connectivity index (χ0v) is 10.9. The van der Waals surface area contributed by atoms with Crippen LogP contribution in [0.2, 0.25) is 0 Å². The van der Waals surface area contributed by atoms with Gasteiger partial charge in [0.05, 0.1) is 5.56 Å². The maximum atomic E-state index is 12.5. The zero-order chi connectivity index (χ0) is 15.0. The molecule has 0 aromatic heterocycles. The van der Waals surface area contributed by atoms with Crippen molar-refractivity contribution in [3.05, 3.63) is 76.4 Å². The Morgan fingerprint density at radius 2 is 1.62 bits per heavy atom. The summed E-state index contributed by atoms with van der Waals surface area (Å²) in [7, 11) is 0. The van der Waals surface area contributed by atoms with Crippen LogP contribution in [0.5, 0.6) is 0 Å². The summed E-state index contributed by atoms with van der Waals surface area (Å²) >= 11 is 0. The molecule has 0 atom stereocenters. The van der Waals surface area contributed by atoms with E-state index in [1.54, 1.807) is 18.2 Å². The summed E-state index contributed by atoms with van der Waals surface area (Å²) in [5, 5.41) is 0. The maximum Gasteiger partial charge on any atom is 0.416 e. The fourth-order valence-electron chi connectivity index (χ4n) is 2.44. The second kappa shape index (κ2) is 4.88. The van der Waals surface area contributed by atoms with Gasteiger partial charge in [-0.3, -0.25) is 4.79 Å². The highest BCUT2D eigenvalue weighted by Gasteiger charge is 2.30. The lowest BCUT2D eigenvalue weighted by molar-refractivity contribution is -0.137. The minimum atomic E-state index is -4.34. The van der Waals surface area contributed by atoms with Gasteiger partial charge in [-0.05, 0) is 29.3 Å². The highest BCUT2D eigenvalue weighted by atomic mass is 19.4. The first-order chi connectivity index (χ1) is 9.95. The van der Waals surface area contributed by atoms with Crippen molar-refractivity contribution < 1.29 is 18.0 Å². The molecule has 0 saturated heterocycles. The number of fused-ring (bicyclic) bond motifs is 1. The lowest BCUT2D eigenvalue weighted by atomic mass is 10.1. The normalized spacial score (nSPS) is 16.3. The quantitative estimate of drug-likeness (QED) is 0.705. The number of benzene rings is 2. The molecule has 0 amide bonds. The number of halogens is 3. The molecule has 1 nitrogen and oxygen atoms in total. The third-order valence-electron chi connectivity index (χ3n) is 3.51. The van der Waals surface area contributed by atoms with Crippen molar-refractivity contribution in [2.75, 3.05) is 0 Å². The Kier molecular flexibility index (Phi) is 3.16. The van der Waals surface area contributed by atoms with Crippen LogP contribution in [0.4, 0.5) is 13.2 Å². The van der Waals surface area contributed by atoms with Crippen molar-refractivity contribution in [1.82, 2.24) is 0 Å². The standard InChI is InChI=1S/C17H11F3O/c18-17(19,20)14-7-5-11(6-8-14)9-13-10-12-3-1-2-4-15(12)16(13)21/h1-9H,10H2/b13-9-. The van der Waals surface area contributed by atoms with Crippen molar-refractivity contribution in [1.29, 1.82) is 0 Å². The molecule has 4 heteroatoms. The monoisotopic (exact) mass is 288 g/mol. The van der Waals surface area contributed by atoms with Gasteiger partial charge in [-0.1, -0.05) is 36.4 Å². The molecule has 3 rings (SSSR count). The van der Waals surface area contributed by atoms with Crippen LogP contribution in [0.3, 0.4) is 0 Å². The van der Waals surface area contributed by atoms with Gasteiger partial charge < -0.3 is 0 Å². The minimum absolute atomic E-state index is 0.0505. The molecule has 2 aromatic rings. The molecule has 2 aromatic carbocycles. The molecule has 1 aliphatic carbocycles. The Morgan fingerprint density at radius 3 is 2.24 bits per heavy atom. The van der Waals surface area contributed by atoms with E-state index in [0.717, 1.165) is 17.7 Å². The van der Waals surface area contributed by atoms with E-state index in [9.17, 15) is 18.0 Å². The van der Waals surface area contributed by atoms with Crippen LogP contribution < -0.4 is 0 Å². The average Bonchev–Trinajstić information content (AvgIpc) is 2.76. The summed E-state index contributed by atoms with van der Waals surface area (Å²) in [4.78, 5) is 12.2. The first-order valence-electron chi connectivity index (χ1n) is 6.45. The number of alkyl halides is 3. The first kappa shape index (κ1) is 13.6. The molecule has 0 N–H and O–H groups in total. The molecule has 106 valence electrons.